The molecule has 0 saturated carbocycles. The lowest BCUT2D eigenvalue weighted by Gasteiger charge is -2.40. The third-order valence-corrected chi connectivity index (χ3v) is 4.41. The van der Waals surface area contributed by atoms with E-state index in [-0.39, 0.29) is 23.1 Å². The van der Waals surface area contributed by atoms with E-state index in [2.05, 4.69) is 26.1 Å². The number of nitrogens with one attached hydrogen (secondary N) is 1. The normalized spacial score (nSPS) is 27.4. The standard InChI is InChI=1S/C16H29NO2/c1-4-6-7-8-9-11-16(3)12-14(18)17-15(19)13(16)10-5-2/h13H,4-12H2,1-3H3,(H,17,18,19). The SMILES string of the molecule is CCCCCCCC1(C)CC(=O)NC(=O)C1CCC. The van der Waals surface area contributed by atoms with Gasteiger partial charge in [0.2, 0.25) is 11.8 Å². The Bertz CT molecular complexity index is 314. The van der Waals surface area contributed by atoms with Crippen LogP contribution in [0.15, 0.2) is 0 Å². The molecule has 0 aromatic rings. The van der Waals surface area contributed by atoms with Gasteiger partial charge in [-0.25, -0.2) is 0 Å². The first-order chi connectivity index (χ1) is 9.03. The highest BCUT2D eigenvalue weighted by molar-refractivity contribution is 5.99. The molecule has 1 aliphatic heterocycles. The number of carbonyl (C=O) groups is 2. The molecule has 1 heterocycles. The van der Waals surface area contributed by atoms with Gasteiger partial charge in [0, 0.05) is 12.3 Å². The summed E-state index contributed by atoms with van der Waals surface area (Å²) in [6.45, 7) is 6.44. The minimum absolute atomic E-state index is 0.0152. The van der Waals surface area contributed by atoms with Crippen molar-refractivity contribution in [1.82, 2.24) is 5.32 Å². The van der Waals surface area contributed by atoms with Crippen molar-refractivity contribution in [1.29, 1.82) is 0 Å². The van der Waals surface area contributed by atoms with Crippen LogP contribution in [0.5, 0.6) is 0 Å². The van der Waals surface area contributed by atoms with E-state index in [1.54, 1.807) is 0 Å². The first kappa shape index (κ1) is 16.2. The van der Waals surface area contributed by atoms with Crippen LogP contribution in [0.3, 0.4) is 0 Å². The van der Waals surface area contributed by atoms with Crippen LogP contribution >= 0.6 is 0 Å². The van der Waals surface area contributed by atoms with Crippen LogP contribution in [0.25, 0.3) is 0 Å². The molecule has 2 atom stereocenters. The molecule has 1 rings (SSSR count). The van der Waals surface area contributed by atoms with Gasteiger partial charge in [-0.05, 0) is 18.3 Å². The Morgan fingerprint density at radius 2 is 1.79 bits per heavy atom. The molecule has 2 unspecified atom stereocenters. The highest BCUT2D eigenvalue weighted by atomic mass is 16.2. The van der Waals surface area contributed by atoms with Gasteiger partial charge in [-0.2, -0.15) is 0 Å². The molecule has 0 bridgehead atoms. The summed E-state index contributed by atoms with van der Waals surface area (Å²) in [5.74, 6) is -0.121. The molecule has 0 radical (unpaired) electrons. The summed E-state index contributed by atoms with van der Waals surface area (Å²) < 4.78 is 0. The van der Waals surface area contributed by atoms with E-state index >= 15 is 0 Å². The van der Waals surface area contributed by atoms with Crippen molar-refractivity contribution in [2.75, 3.05) is 0 Å². The van der Waals surface area contributed by atoms with Crippen molar-refractivity contribution >= 4 is 11.8 Å². The van der Waals surface area contributed by atoms with Gasteiger partial charge in [-0.3, -0.25) is 14.9 Å². The van der Waals surface area contributed by atoms with Crippen molar-refractivity contribution in [3.8, 4) is 0 Å². The molecule has 3 nitrogen and oxygen atoms in total. The molecular formula is C16H29NO2. The fourth-order valence-electron chi connectivity index (χ4n) is 3.24. The highest BCUT2D eigenvalue weighted by Gasteiger charge is 2.43. The third kappa shape index (κ3) is 4.63. The fourth-order valence-corrected chi connectivity index (χ4v) is 3.24. The third-order valence-electron chi connectivity index (χ3n) is 4.41. The van der Waals surface area contributed by atoms with E-state index in [9.17, 15) is 9.59 Å². The summed E-state index contributed by atoms with van der Waals surface area (Å²) in [4.78, 5) is 23.7. The largest absolute Gasteiger partial charge is 0.296 e. The molecule has 3 heteroatoms. The number of imide groups is 1. The first-order valence-electron chi connectivity index (χ1n) is 7.87. The molecule has 0 aromatic heterocycles. The second kappa shape index (κ2) is 7.66. The second-order valence-corrected chi connectivity index (χ2v) is 6.25. The molecule has 110 valence electrons. The zero-order valence-corrected chi connectivity index (χ0v) is 12.8. The summed E-state index contributed by atoms with van der Waals surface area (Å²) in [7, 11) is 0. The lowest BCUT2D eigenvalue weighted by Crippen LogP contribution is -2.50. The molecule has 2 amide bonds. The van der Waals surface area contributed by atoms with E-state index in [1.165, 1.54) is 25.7 Å². The zero-order chi connectivity index (χ0) is 14.3. The summed E-state index contributed by atoms with van der Waals surface area (Å²) >= 11 is 0. The minimum atomic E-state index is -0.123. The van der Waals surface area contributed by atoms with Crippen molar-refractivity contribution in [2.24, 2.45) is 11.3 Å². The number of unbranched alkanes of at least 4 members (excludes halogenated alkanes) is 4. The van der Waals surface area contributed by atoms with E-state index in [0.29, 0.717) is 6.42 Å². The van der Waals surface area contributed by atoms with E-state index in [1.807, 2.05) is 0 Å². The van der Waals surface area contributed by atoms with Crippen LogP contribution in [0.1, 0.15) is 78.6 Å². The van der Waals surface area contributed by atoms with Gasteiger partial charge >= 0.3 is 0 Å². The van der Waals surface area contributed by atoms with Gasteiger partial charge in [0.25, 0.3) is 0 Å². The topological polar surface area (TPSA) is 46.2 Å². The number of hydrogen-bond acceptors (Lipinski definition) is 2. The molecule has 0 aliphatic carbocycles. The quantitative estimate of drug-likeness (QED) is 0.537. The number of carbonyl (C=O) groups excluding carboxylic acids is 2. The summed E-state index contributed by atoms with van der Waals surface area (Å²) in [5, 5.41) is 2.50. The highest BCUT2D eigenvalue weighted by Crippen LogP contribution is 2.41. The lowest BCUT2D eigenvalue weighted by atomic mass is 9.67. The Kier molecular flexibility index (Phi) is 6.53. The second-order valence-electron chi connectivity index (χ2n) is 6.25. The van der Waals surface area contributed by atoms with Crippen LogP contribution in [0.2, 0.25) is 0 Å². The molecule has 0 spiro atoms. The van der Waals surface area contributed by atoms with Crippen LogP contribution in [0, 0.1) is 11.3 Å². The summed E-state index contributed by atoms with van der Waals surface area (Å²) in [6.07, 6.45) is 9.56. The van der Waals surface area contributed by atoms with Gasteiger partial charge < -0.3 is 0 Å². The molecule has 1 N–H and O–H groups in total. The zero-order valence-electron chi connectivity index (χ0n) is 12.8. The Morgan fingerprint density at radius 1 is 1.11 bits per heavy atom. The molecule has 19 heavy (non-hydrogen) atoms. The summed E-state index contributed by atoms with van der Waals surface area (Å²) in [5.41, 5.74) is -0.123. The van der Waals surface area contributed by atoms with Gasteiger partial charge in [0.15, 0.2) is 0 Å². The lowest BCUT2D eigenvalue weighted by molar-refractivity contribution is -0.143. The van der Waals surface area contributed by atoms with Crippen molar-refractivity contribution in [3.63, 3.8) is 0 Å². The smallest absolute Gasteiger partial charge is 0.230 e. The monoisotopic (exact) mass is 267 g/mol. The van der Waals surface area contributed by atoms with Crippen molar-refractivity contribution in [2.45, 2.75) is 78.6 Å². The van der Waals surface area contributed by atoms with Gasteiger partial charge in [-0.1, -0.05) is 59.3 Å². The Labute approximate surface area is 117 Å². The molecular weight excluding hydrogens is 238 g/mol. The van der Waals surface area contributed by atoms with E-state index in [0.717, 1.165) is 25.7 Å². The van der Waals surface area contributed by atoms with E-state index in [4.69, 9.17) is 0 Å². The fraction of sp³-hybridized carbons (Fsp3) is 0.875. The number of amides is 2. The van der Waals surface area contributed by atoms with Crippen LogP contribution in [-0.4, -0.2) is 11.8 Å². The number of rotatable bonds is 8. The van der Waals surface area contributed by atoms with Crippen molar-refractivity contribution < 1.29 is 9.59 Å². The Morgan fingerprint density at radius 3 is 2.42 bits per heavy atom. The van der Waals surface area contributed by atoms with Gasteiger partial charge in [-0.15, -0.1) is 0 Å². The average molecular weight is 267 g/mol. The first-order valence-corrected chi connectivity index (χ1v) is 7.87. The van der Waals surface area contributed by atoms with Crippen molar-refractivity contribution in [3.05, 3.63) is 0 Å². The number of piperidine rings is 1. The molecule has 1 aliphatic rings. The van der Waals surface area contributed by atoms with Gasteiger partial charge in [0.05, 0.1) is 0 Å². The maximum Gasteiger partial charge on any atom is 0.230 e. The molecule has 1 fully saturated rings. The maximum atomic E-state index is 12.0. The summed E-state index contributed by atoms with van der Waals surface area (Å²) in [6, 6.07) is 0. The number of hydrogen-bond donors (Lipinski definition) is 1. The predicted molar refractivity (Wildman–Crippen MR) is 77.6 cm³/mol. The van der Waals surface area contributed by atoms with Gasteiger partial charge in [0.1, 0.15) is 0 Å². The van der Waals surface area contributed by atoms with E-state index < -0.39 is 0 Å². The van der Waals surface area contributed by atoms with Crippen LogP contribution < -0.4 is 5.32 Å². The van der Waals surface area contributed by atoms with Crippen LogP contribution in [0.4, 0.5) is 0 Å². The molecule has 0 aromatic carbocycles. The van der Waals surface area contributed by atoms with Crippen LogP contribution in [-0.2, 0) is 9.59 Å². The maximum absolute atomic E-state index is 12.0. The minimum Gasteiger partial charge on any atom is -0.296 e. The Hall–Kier alpha value is -0.860. The molecule has 1 saturated heterocycles. The predicted octanol–water partition coefficient (Wildman–Crippen LogP) is 3.82. The Balaban J connectivity index is 2.56. The average Bonchev–Trinajstić information content (AvgIpc) is 2.33.